The topological polar surface area (TPSA) is 102 Å². The number of hydrogen-bond donors (Lipinski definition) is 1. The summed E-state index contributed by atoms with van der Waals surface area (Å²) < 4.78 is 5.04. The fourth-order valence-corrected chi connectivity index (χ4v) is 0.580. The minimum Gasteiger partial charge on any atom is -0.900 e. The summed E-state index contributed by atoms with van der Waals surface area (Å²) in [6.45, 7) is 4.19. The molecular formula is C4H11BCaNO4. The van der Waals surface area contributed by atoms with Crippen molar-refractivity contribution in [1.29, 1.82) is 0 Å². The number of rotatable bonds is 0. The van der Waals surface area contributed by atoms with Crippen molar-refractivity contribution in [3.8, 4) is 0 Å². The third kappa shape index (κ3) is 18.2. The molecule has 1 aliphatic rings. The molecule has 1 saturated heterocycles. The predicted octanol–water partition coefficient (Wildman–Crippen LogP) is -4.74. The van der Waals surface area contributed by atoms with Crippen molar-refractivity contribution in [2.24, 2.45) is 0 Å². The van der Waals surface area contributed by atoms with Gasteiger partial charge in [-0.05, 0) is 0 Å². The molecule has 1 fully saturated rings. The second-order valence-electron chi connectivity index (χ2n) is 1.57. The molecule has 3 N–H and O–H groups in total. The van der Waals surface area contributed by atoms with E-state index in [-0.39, 0.29) is 43.2 Å². The third-order valence-corrected chi connectivity index (χ3v) is 0.933. The Morgan fingerprint density at radius 2 is 1.55 bits per heavy atom. The first-order valence-electron chi connectivity index (χ1n) is 2.87. The molecule has 1 rings (SSSR count). The molecule has 5 nitrogen and oxygen atoms in total. The molecule has 0 atom stereocenters. The molecule has 0 saturated carbocycles. The van der Waals surface area contributed by atoms with Gasteiger partial charge in [-0.15, -0.1) is 0 Å². The van der Waals surface area contributed by atoms with Gasteiger partial charge in [-0.25, -0.2) is 7.69 Å². The van der Waals surface area contributed by atoms with E-state index in [0.29, 0.717) is 0 Å². The van der Waals surface area contributed by atoms with Crippen LogP contribution in [-0.2, 0) is 4.74 Å². The first-order valence-corrected chi connectivity index (χ1v) is 2.87. The van der Waals surface area contributed by atoms with Gasteiger partial charge in [0.2, 0.25) is 0 Å². The summed E-state index contributed by atoms with van der Waals surface area (Å²) in [6.07, 6.45) is 0. The average Bonchev–Trinajstić information content (AvgIpc) is 1.93. The second kappa shape index (κ2) is 17.3. The molecule has 0 bridgehead atoms. The van der Waals surface area contributed by atoms with Crippen LogP contribution in [0, 0.1) is 0 Å². The van der Waals surface area contributed by atoms with Crippen LogP contribution in [0.15, 0.2) is 0 Å². The van der Waals surface area contributed by atoms with Gasteiger partial charge >= 0.3 is 37.7 Å². The fraction of sp³-hybridized carbons (Fsp3) is 1.00. The Morgan fingerprint density at radius 3 is 1.64 bits per heavy atom. The zero-order valence-corrected chi connectivity index (χ0v) is 8.57. The number of quaternary nitrogens is 1. The standard InChI is InChI=1S/C4H9NO.BO2.Ca.H2O/c1-3-6-4-2-5-1;2-1-3;;/h5H,1-4H2;;;1H2/q;-2;+2;. The summed E-state index contributed by atoms with van der Waals surface area (Å²) in [5, 5.41) is 18.8. The molecule has 0 unspecified atom stereocenters. The maximum atomic E-state index is 8.25. The van der Waals surface area contributed by atoms with Crippen molar-refractivity contribution in [3.63, 3.8) is 0 Å². The fourth-order valence-electron chi connectivity index (χ4n) is 0.580. The van der Waals surface area contributed by atoms with Crippen molar-refractivity contribution in [2.45, 2.75) is 0 Å². The van der Waals surface area contributed by atoms with Crippen LogP contribution in [-0.4, -0.2) is 77.2 Å². The van der Waals surface area contributed by atoms with E-state index in [9.17, 15) is 0 Å². The van der Waals surface area contributed by atoms with Crippen LogP contribution in [0.2, 0.25) is 0 Å². The molecule has 0 spiro atoms. The largest absolute Gasteiger partial charge is 2.00 e. The van der Waals surface area contributed by atoms with Crippen molar-refractivity contribution in [3.05, 3.63) is 0 Å². The molecule has 0 aliphatic carbocycles. The minimum atomic E-state index is -0.500. The molecule has 61 valence electrons. The van der Waals surface area contributed by atoms with E-state index in [2.05, 4.69) is 5.32 Å². The van der Waals surface area contributed by atoms with E-state index < -0.39 is 7.69 Å². The van der Waals surface area contributed by atoms with E-state index in [1.165, 1.54) is 0 Å². The normalized spacial score (nSPS) is 14.4. The quantitative estimate of drug-likeness (QED) is 0.385. The van der Waals surface area contributed by atoms with E-state index >= 15 is 0 Å². The van der Waals surface area contributed by atoms with E-state index in [0.717, 1.165) is 26.3 Å². The monoisotopic (exact) mass is 188 g/mol. The van der Waals surface area contributed by atoms with Crippen LogP contribution < -0.4 is 15.4 Å². The number of hydrogen-bond acceptors (Lipinski definition) is 4. The van der Waals surface area contributed by atoms with Crippen LogP contribution in [0.4, 0.5) is 0 Å². The van der Waals surface area contributed by atoms with Gasteiger partial charge in [-0.1, -0.05) is 0 Å². The second-order valence-corrected chi connectivity index (χ2v) is 1.57. The number of ether oxygens (including phenoxy) is 1. The van der Waals surface area contributed by atoms with Gasteiger partial charge in [-0.3, -0.25) is 0 Å². The van der Waals surface area contributed by atoms with E-state index in [1.807, 2.05) is 0 Å². The summed E-state index contributed by atoms with van der Waals surface area (Å²) in [5.41, 5.74) is 0. The maximum Gasteiger partial charge on any atom is 2.00 e. The zero-order chi connectivity index (χ0) is 6.95. The van der Waals surface area contributed by atoms with Gasteiger partial charge in [0, 0.05) is 0 Å². The van der Waals surface area contributed by atoms with Gasteiger partial charge in [0.25, 0.3) is 0 Å². The Balaban J connectivity index is -0.000000116. The zero-order valence-electron chi connectivity index (χ0n) is 6.36. The van der Waals surface area contributed by atoms with Crippen LogP contribution in [0.5, 0.6) is 0 Å². The van der Waals surface area contributed by atoms with Crippen LogP contribution in [0.25, 0.3) is 0 Å². The smallest absolute Gasteiger partial charge is 0.900 e. The number of morpholine rings is 1. The average molecular weight is 188 g/mol. The van der Waals surface area contributed by atoms with Gasteiger partial charge in [0.1, 0.15) is 0 Å². The Labute approximate surface area is 96.7 Å². The van der Waals surface area contributed by atoms with Crippen molar-refractivity contribution >= 4 is 45.4 Å². The Kier molecular flexibility index (Phi) is 28.3. The Hall–Kier alpha value is 1.12. The summed E-state index contributed by atoms with van der Waals surface area (Å²) in [4.78, 5) is 0. The SMILES string of the molecule is C1COCC[NH2+]1.[Ca+2].[O-][B][O-].[OH-]. The van der Waals surface area contributed by atoms with E-state index in [1.54, 1.807) is 0 Å². The van der Waals surface area contributed by atoms with E-state index in [4.69, 9.17) is 14.8 Å². The van der Waals surface area contributed by atoms with Crippen molar-refractivity contribution < 1.29 is 25.6 Å². The molecule has 7 heteroatoms. The Bertz CT molecular complexity index is 45.8. The summed E-state index contributed by atoms with van der Waals surface area (Å²) in [5.74, 6) is 0. The maximum absolute atomic E-state index is 8.25. The van der Waals surface area contributed by atoms with Crippen molar-refractivity contribution in [1.82, 2.24) is 0 Å². The molecular weight excluding hydrogens is 177 g/mol. The molecule has 11 heavy (non-hydrogen) atoms. The summed E-state index contributed by atoms with van der Waals surface area (Å²) >= 11 is 0. The van der Waals surface area contributed by atoms with Crippen LogP contribution >= 0.6 is 0 Å². The van der Waals surface area contributed by atoms with Crippen molar-refractivity contribution in [2.75, 3.05) is 26.3 Å². The summed E-state index contributed by atoms with van der Waals surface area (Å²) in [7, 11) is -0.500. The minimum absolute atomic E-state index is 0. The molecule has 1 heterocycles. The molecule has 0 aromatic heterocycles. The summed E-state index contributed by atoms with van der Waals surface area (Å²) in [6, 6.07) is 0. The molecule has 0 aromatic carbocycles. The first kappa shape index (κ1) is 18.0. The predicted molar refractivity (Wildman–Crippen MR) is 35.9 cm³/mol. The molecule has 1 radical (unpaired) electrons. The molecule has 0 amide bonds. The van der Waals surface area contributed by atoms with Gasteiger partial charge < -0.3 is 25.6 Å². The number of nitrogens with two attached hydrogens (primary N) is 1. The van der Waals surface area contributed by atoms with Gasteiger partial charge in [0.15, 0.2) is 0 Å². The Morgan fingerprint density at radius 1 is 1.18 bits per heavy atom. The first-order chi connectivity index (χ1) is 4.41. The van der Waals surface area contributed by atoms with Crippen LogP contribution in [0.3, 0.4) is 0 Å². The van der Waals surface area contributed by atoms with Crippen LogP contribution in [0.1, 0.15) is 0 Å². The van der Waals surface area contributed by atoms with Gasteiger partial charge in [-0.2, -0.15) is 0 Å². The van der Waals surface area contributed by atoms with Gasteiger partial charge in [0.05, 0.1) is 26.3 Å². The molecule has 1 aliphatic heterocycles. The molecule has 0 aromatic rings. The third-order valence-electron chi connectivity index (χ3n) is 0.933.